The molecule has 13 nitrogen and oxygen atoms in total. The Balaban J connectivity index is 0.000000360. The van der Waals surface area contributed by atoms with Crippen molar-refractivity contribution < 1.29 is 32.5 Å². The minimum absolute atomic E-state index is 0.0305. The van der Waals surface area contributed by atoms with Gasteiger partial charge in [0.15, 0.2) is 5.58 Å². The number of likely N-dealkylation sites (N-methyl/N-ethyl adjacent to an activating group) is 1. The smallest absolute Gasteiger partial charge is 0.293 e. The molecule has 2 aromatic heterocycles. The fourth-order valence-electron chi connectivity index (χ4n) is 6.78. The number of carbonyl (C=O) groups excluding carboxylic acids is 4. The molecule has 1 unspecified atom stereocenters. The van der Waals surface area contributed by atoms with E-state index >= 15 is 0 Å². The van der Waals surface area contributed by atoms with Crippen LogP contribution in [-0.4, -0.2) is 80.9 Å². The van der Waals surface area contributed by atoms with E-state index in [9.17, 15) is 28.2 Å². The van der Waals surface area contributed by atoms with Gasteiger partial charge in [0.25, 0.3) is 17.9 Å². The van der Waals surface area contributed by atoms with Crippen molar-refractivity contribution in [3.63, 3.8) is 0 Å². The first-order valence-electron chi connectivity index (χ1n) is 21.9. The molecular formula is C48H68ClN5O8S. The quantitative estimate of drug-likeness (QED) is 0.0443. The molecule has 1 aliphatic heterocycles. The summed E-state index contributed by atoms with van der Waals surface area (Å²) in [6.07, 6.45) is 20.0. The molecule has 0 spiro atoms. The van der Waals surface area contributed by atoms with Crippen LogP contribution in [0.15, 0.2) is 63.8 Å². The second kappa shape index (κ2) is 26.6. The molecule has 63 heavy (non-hydrogen) atoms. The number of amides is 3. The predicted molar refractivity (Wildman–Crippen MR) is 257 cm³/mol. The monoisotopic (exact) mass is 909 g/mol. The van der Waals surface area contributed by atoms with E-state index in [-0.39, 0.29) is 46.6 Å². The Morgan fingerprint density at radius 2 is 1.70 bits per heavy atom. The molecule has 0 radical (unpaired) electrons. The van der Waals surface area contributed by atoms with E-state index in [1.807, 2.05) is 78.8 Å². The lowest BCUT2D eigenvalue weighted by atomic mass is 10.1. The number of pyridine rings is 1. The van der Waals surface area contributed by atoms with Crippen molar-refractivity contribution in [1.29, 1.82) is 0 Å². The number of furan rings is 1. The first-order valence-corrected chi connectivity index (χ1v) is 23.5. The summed E-state index contributed by atoms with van der Waals surface area (Å²) in [5.41, 5.74) is 0.594. The van der Waals surface area contributed by atoms with E-state index in [0.29, 0.717) is 53.0 Å². The Morgan fingerprint density at radius 3 is 2.29 bits per heavy atom. The number of nitrogens with zero attached hydrogens (tertiary/aromatic N) is 1. The van der Waals surface area contributed by atoms with Gasteiger partial charge in [-0.3, -0.25) is 28.7 Å². The van der Waals surface area contributed by atoms with E-state index in [1.54, 1.807) is 30.1 Å². The first-order chi connectivity index (χ1) is 30.2. The molecule has 7 rings (SSSR count). The van der Waals surface area contributed by atoms with E-state index in [1.165, 1.54) is 0 Å². The second-order valence-corrected chi connectivity index (χ2v) is 17.6. The summed E-state index contributed by atoms with van der Waals surface area (Å²) in [5, 5.41) is 8.70. The van der Waals surface area contributed by atoms with E-state index in [2.05, 4.69) is 50.9 Å². The number of H-pyrrole nitrogens is 1. The summed E-state index contributed by atoms with van der Waals surface area (Å²) >= 11 is 6.00. The van der Waals surface area contributed by atoms with Crippen LogP contribution in [0.2, 0.25) is 5.02 Å². The maximum atomic E-state index is 13.1. The largest absolute Gasteiger partial charge is 0.462 e. The van der Waals surface area contributed by atoms with Crippen molar-refractivity contribution >= 4 is 79.6 Å². The standard InChI is InChI=1S/C22H36N4O4S.C15H8ClNO2.C5H10O2.2C2H6.C2H2/c1-3-4-5-6-7-9-16-14-22(16,21(29)25-31(30)17-11-12-17)24-20(28)18-10-8-13-26(18)19(27)15-23-2;16-8-5-6-12-11(7-8)13-14(19-12)9-3-1-2-4-10(9)15(18)17-13;1-5(2,3)7-4-6;3*1-2/h7,9,16-18,23H,3-6,8,10-15H2,1-2H3,(H,24,28)(H,25,29);1-7H,(H,17,18);4H,1-3H3;2*1-2H3;1-2H/b9-7-;;;;;/t16-,18+,22-,31?;;;;;/m1...../s1. The topological polar surface area (TPSA) is 180 Å². The number of likely N-dealkylation sites (tertiary alicyclic amines) is 1. The van der Waals surface area contributed by atoms with Crippen molar-refractivity contribution in [2.45, 2.75) is 136 Å². The lowest BCUT2D eigenvalue weighted by Crippen LogP contribution is -2.56. The fourth-order valence-corrected chi connectivity index (χ4v) is 8.05. The average molecular weight is 911 g/mol. The van der Waals surface area contributed by atoms with Gasteiger partial charge in [-0.25, -0.2) is 4.21 Å². The number of fused-ring (bicyclic) bond motifs is 5. The lowest BCUT2D eigenvalue weighted by molar-refractivity contribution is -0.139. The van der Waals surface area contributed by atoms with Gasteiger partial charge in [-0.15, -0.1) is 12.8 Å². The van der Waals surface area contributed by atoms with Gasteiger partial charge in [-0.2, -0.15) is 0 Å². The number of rotatable bonds is 13. The van der Waals surface area contributed by atoms with Crippen molar-refractivity contribution in [3.8, 4) is 12.8 Å². The number of unbranched alkanes of at least 4 members (excludes halogenated alkanes) is 3. The summed E-state index contributed by atoms with van der Waals surface area (Å²) in [6, 6.07) is 12.2. The van der Waals surface area contributed by atoms with Gasteiger partial charge in [0, 0.05) is 28.3 Å². The molecule has 3 fully saturated rings. The van der Waals surface area contributed by atoms with Crippen LogP contribution in [-0.2, 0) is 34.9 Å². The minimum atomic E-state index is -1.40. The van der Waals surface area contributed by atoms with Crippen molar-refractivity contribution in [2.75, 3.05) is 20.1 Å². The molecule has 3 amide bonds. The van der Waals surface area contributed by atoms with Crippen molar-refractivity contribution in [3.05, 3.63) is 70.0 Å². The normalized spacial score (nSPS) is 19.0. The number of hydrogen-bond donors (Lipinski definition) is 4. The number of aromatic amines is 1. The maximum Gasteiger partial charge on any atom is 0.293 e. The van der Waals surface area contributed by atoms with Gasteiger partial charge in [-0.1, -0.05) is 89.4 Å². The van der Waals surface area contributed by atoms with Gasteiger partial charge in [-0.05, 0) is 97.0 Å². The molecule has 2 aromatic carbocycles. The Bertz CT molecular complexity index is 2240. The zero-order chi connectivity index (χ0) is 47.3. The number of halogens is 1. The maximum absolute atomic E-state index is 13.1. The number of carbonyl (C=O) groups is 4. The Morgan fingerprint density at radius 1 is 1.03 bits per heavy atom. The zero-order valence-corrected chi connectivity index (χ0v) is 40.0. The molecule has 4 atom stereocenters. The molecule has 4 aromatic rings. The number of aromatic nitrogens is 1. The molecular weight excluding hydrogens is 842 g/mol. The van der Waals surface area contributed by atoms with Crippen LogP contribution in [0.25, 0.3) is 32.8 Å². The van der Waals surface area contributed by atoms with Gasteiger partial charge in [0.1, 0.15) is 33.8 Å². The SMILES string of the molecule is C#C.CC.CC.CC(C)(C)OC=O.CCCCC/C=C\[C@@H]1C[C@]1(NC(=O)[C@@H]1CCCN1C(=O)CNC)C(=O)NS(=O)C1CC1.O=c1[nH]c2c3cc(Cl)ccc3oc2c2ccccc12. The highest BCUT2D eigenvalue weighted by Gasteiger charge is 2.61. The second-order valence-electron chi connectivity index (χ2n) is 15.7. The molecule has 346 valence electrons. The third-order valence-corrected chi connectivity index (χ3v) is 11.7. The Hall–Kier alpha value is -4.97. The van der Waals surface area contributed by atoms with Crippen LogP contribution in [0, 0.1) is 18.8 Å². The summed E-state index contributed by atoms with van der Waals surface area (Å²) in [7, 11) is 0.295. The Labute approximate surface area is 380 Å². The number of benzene rings is 2. The van der Waals surface area contributed by atoms with Gasteiger partial charge in [0.05, 0.1) is 22.7 Å². The molecule has 1 saturated heterocycles. The predicted octanol–water partition coefficient (Wildman–Crippen LogP) is 8.49. The summed E-state index contributed by atoms with van der Waals surface area (Å²) in [5.74, 6) is -0.898. The average Bonchev–Trinajstić information content (AvgIpc) is 4.16. The summed E-state index contributed by atoms with van der Waals surface area (Å²) < 4.78 is 25.3. The molecule has 2 aliphatic carbocycles. The fraction of sp³-hybridized carbons (Fsp3) is 0.521. The third kappa shape index (κ3) is 15.4. The number of hydrogen-bond acceptors (Lipinski definition) is 9. The van der Waals surface area contributed by atoms with Crippen molar-refractivity contribution in [2.24, 2.45) is 5.92 Å². The highest BCUT2D eigenvalue weighted by atomic mass is 35.5. The van der Waals surface area contributed by atoms with Gasteiger partial charge in [0.2, 0.25) is 11.8 Å². The Kier molecular flexibility index (Phi) is 22.9. The van der Waals surface area contributed by atoms with Crippen molar-refractivity contribution in [1.82, 2.24) is 25.2 Å². The van der Waals surface area contributed by atoms with Crippen LogP contribution in [0.5, 0.6) is 0 Å². The summed E-state index contributed by atoms with van der Waals surface area (Å²) in [4.78, 5) is 64.7. The molecule has 3 aliphatic rings. The number of terminal acetylenes is 1. The van der Waals surface area contributed by atoms with Gasteiger partial charge >= 0.3 is 0 Å². The molecule has 4 N–H and O–H groups in total. The summed E-state index contributed by atoms with van der Waals surface area (Å²) in [6.45, 7) is 16.8. The molecule has 3 heterocycles. The molecule has 2 saturated carbocycles. The van der Waals surface area contributed by atoms with Crippen LogP contribution < -0.4 is 20.9 Å². The van der Waals surface area contributed by atoms with Gasteiger partial charge < -0.3 is 29.7 Å². The van der Waals surface area contributed by atoms with Crippen LogP contribution >= 0.6 is 11.6 Å². The zero-order valence-electron chi connectivity index (χ0n) is 38.4. The van der Waals surface area contributed by atoms with Crippen LogP contribution in [0.4, 0.5) is 0 Å². The number of nitrogens with one attached hydrogen (secondary N) is 4. The van der Waals surface area contributed by atoms with Crippen LogP contribution in [0.3, 0.4) is 0 Å². The minimum Gasteiger partial charge on any atom is -0.462 e. The van der Waals surface area contributed by atoms with E-state index in [0.717, 1.165) is 55.7 Å². The third-order valence-electron chi connectivity index (χ3n) is 10.0. The van der Waals surface area contributed by atoms with E-state index < -0.39 is 22.6 Å². The highest BCUT2D eigenvalue weighted by molar-refractivity contribution is 7.84. The molecule has 0 bridgehead atoms. The highest BCUT2D eigenvalue weighted by Crippen LogP contribution is 2.46. The number of allylic oxidation sites excluding steroid dienone is 1. The van der Waals surface area contributed by atoms with Crippen LogP contribution in [0.1, 0.15) is 113 Å². The first kappa shape index (κ1) is 54.2. The lowest BCUT2D eigenvalue weighted by Gasteiger charge is -2.26. The number of ether oxygens (including phenoxy) is 1. The molecule has 15 heteroatoms. The van der Waals surface area contributed by atoms with E-state index in [4.69, 9.17) is 16.0 Å².